The lowest BCUT2D eigenvalue weighted by atomic mass is 10.00. The number of fused-ring (bicyclic) bond motifs is 1. The summed E-state index contributed by atoms with van der Waals surface area (Å²) in [6, 6.07) is 8.02. The van der Waals surface area contributed by atoms with E-state index in [1.165, 1.54) is 25.8 Å². The van der Waals surface area contributed by atoms with Gasteiger partial charge in [-0.3, -0.25) is 4.90 Å². The molecular weight excluding hydrogens is 306 g/mol. The third-order valence-corrected chi connectivity index (χ3v) is 4.77. The van der Waals surface area contributed by atoms with Gasteiger partial charge in [0.2, 0.25) is 0 Å². The molecule has 24 heavy (non-hydrogen) atoms. The molecule has 0 spiro atoms. The Hall–Kier alpha value is -1.79. The van der Waals surface area contributed by atoms with Crippen molar-refractivity contribution in [1.82, 2.24) is 9.80 Å². The Labute approximate surface area is 143 Å². The van der Waals surface area contributed by atoms with E-state index in [1.807, 2.05) is 29.2 Å². The summed E-state index contributed by atoms with van der Waals surface area (Å²) in [6.45, 7) is 4.83. The lowest BCUT2D eigenvalue weighted by Gasteiger charge is -2.43. The van der Waals surface area contributed by atoms with E-state index in [2.05, 4.69) is 10.2 Å². The van der Waals surface area contributed by atoms with Crippen molar-refractivity contribution in [3.05, 3.63) is 24.3 Å². The van der Waals surface area contributed by atoms with Crippen LogP contribution in [0.25, 0.3) is 0 Å². The van der Waals surface area contributed by atoms with Crippen LogP contribution < -0.4 is 10.1 Å². The molecule has 0 saturated carbocycles. The first kappa shape index (κ1) is 17.0. The molecule has 2 fully saturated rings. The van der Waals surface area contributed by atoms with Gasteiger partial charge in [-0.05, 0) is 31.5 Å². The minimum absolute atomic E-state index is 0.0192. The number of piperazine rings is 1. The molecule has 2 aliphatic heterocycles. The third kappa shape index (κ3) is 4.39. The van der Waals surface area contributed by atoms with Crippen LogP contribution in [0.15, 0.2) is 24.3 Å². The lowest BCUT2D eigenvalue weighted by Crippen LogP contribution is -2.56. The van der Waals surface area contributed by atoms with Crippen molar-refractivity contribution in [3.8, 4) is 5.75 Å². The summed E-state index contributed by atoms with van der Waals surface area (Å²) >= 11 is 0. The average Bonchev–Trinajstić information content (AvgIpc) is 2.62. The second-order valence-electron chi connectivity index (χ2n) is 6.43. The van der Waals surface area contributed by atoms with Crippen LogP contribution in [0.2, 0.25) is 0 Å². The van der Waals surface area contributed by atoms with Crippen LogP contribution in [0.1, 0.15) is 19.3 Å². The maximum absolute atomic E-state index is 12.5. The van der Waals surface area contributed by atoms with E-state index >= 15 is 0 Å². The fourth-order valence-electron chi connectivity index (χ4n) is 3.45. The zero-order valence-electron chi connectivity index (χ0n) is 14.4. The van der Waals surface area contributed by atoms with Crippen LogP contribution in [-0.2, 0) is 4.74 Å². The second-order valence-corrected chi connectivity index (χ2v) is 6.43. The van der Waals surface area contributed by atoms with Crippen LogP contribution in [0.4, 0.5) is 10.5 Å². The topological polar surface area (TPSA) is 54.0 Å². The van der Waals surface area contributed by atoms with Gasteiger partial charge in [0.1, 0.15) is 12.4 Å². The Morgan fingerprint density at radius 2 is 2.17 bits per heavy atom. The minimum atomic E-state index is -0.0192. The molecule has 0 unspecified atom stereocenters. The molecule has 132 valence electrons. The fraction of sp³-hybridized carbons (Fsp3) is 0.611. The van der Waals surface area contributed by atoms with Crippen molar-refractivity contribution in [2.24, 2.45) is 0 Å². The highest BCUT2D eigenvalue weighted by Crippen LogP contribution is 2.22. The van der Waals surface area contributed by atoms with Gasteiger partial charge in [0.05, 0.1) is 6.61 Å². The molecule has 0 radical (unpaired) electrons. The highest BCUT2D eigenvalue weighted by molar-refractivity contribution is 5.89. The van der Waals surface area contributed by atoms with Gasteiger partial charge >= 0.3 is 6.03 Å². The van der Waals surface area contributed by atoms with Gasteiger partial charge in [-0.2, -0.15) is 0 Å². The van der Waals surface area contributed by atoms with Crippen LogP contribution in [0.5, 0.6) is 5.75 Å². The van der Waals surface area contributed by atoms with Gasteiger partial charge in [0, 0.05) is 44.5 Å². The number of carbonyl (C=O) groups is 1. The first-order chi connectivity index (χ1) is 11.8. The standard InChI is InChI=1S/C18H27N3O3/c1-23-11-12-24-17-7-4-5-15(13-17)19-18(22)21-10-9-20-8-3-2-6-16(20)14-21/h4-5,7,13,16H,2-3,6,8-12,14H2,1H3,(H,19,22)/t16-/m0/s1. The maximum Gasteiger partial charge on any atom is 0.321 e. The zero-order chi connectivity index (χ0) is 16.8. The van der Waals surface area contributed by atoms with E-state index in [1.54, 1.807) is 7.11 Å². The number of ether oxygens (including phenoxy) is 2. The summed E-state index contributed by atoms with van der Waals surface area (Å²) in [5.41, 5.74) is 0.765. The van der Waals surface area contributed by atoms with Crippen molar-refractivity contribution in [2.75, 3.05) is 51.8 Å². The summed E-state index contributed by atoms with van der Waals surface area (Å²) in [5.74, 6) is 0.738. The third-order valence-electron chi connectivity index (χ3n) is 4.77. The summed E-state index contributed by atoms with van der Waals surface area (Å²) in [5, 5.41) is 3.00. The predicted molar refractivity (Wildman–Crippen MR) is 93.6 cm³/mol. The number of methoxy groups -OCH3 is 1. The van der Waals surface area contributed by atoms with Crippen molar-refractivity contribution >= 4 is 11.7 Å². The quantitative estimate of drug-likeness (QED) is 0.841. The molecule has 2 amide bonds. The minimum Gasteiger partial charge on any atom is -0.491 e. The van der Waals surface area contributed by atoms with E-state index < -0.39 is 0 Å². The number of benzene rings is 1. The van der Waals surface area contributed by atoms with E-state index in [-0.39, 0.29) is 6.03 Å². The van der Waals surface area contributed by atoms with Crippen LogP contribution in [0, 0.1) is 0 Å². The number of amides is 2. The smallest absolute Gasteiger partial charge is 0.321 e. The van der Waals surface area contributed by atoms with Crippen molar-refractivity contribution in [3.63, 3.8) is 0 Å². The predicted octanol–water partition coefficient (Wildman–Crippen LogP) is 2.41. The van der Waals surface area contributed by atoms with Gasteiger partial charge in [-0.1, -0.05) is 12.5 Å². The number of nitrogens with one attached hydrogen (secondary N) is 1. The second kappa shape index (κ2) is 8.35. The molecule has 2 heterocycles. The fourth-order valence-corrected chi connectivity index (χ4v) is 3.45. The lowest BCUT2D eigenvalue weighted by molar-refractivity contribution is 0.0678. The largest absolute Gasteiger partial charge is 0.491 e. The molecule has 2 aliphatic rings. The van der Waals surface area contributed by atoms with Gasteiger partial charge in [0.25, 0.3) is 0 Å². The molecular formula is C18H27N3O3. The summed E-state index contributed by atoms with van der Waals surface area (Å²) in [4.78, 5) is 17.0. The number of hydrogen-bond donors (Lipinski definition) is 1. The number of rotatable bonds is 5. The monoisotopic (exact) mass is 333 g/mol. The Morgan fingerprint density at radius 1 is 1.25 bits per heavy atom. The molecule has 2 saturated heterocycles. The Kier molecular flexibility index (Phi) is 5.93. The number of hydrogen-bond acceptors (Lipinski definition) is 4. The molecule has 6 nitrogen and oxygen atoms in total. The molecule has 1 N–H and O–H groups in total. The maximum atomic E-state index is 12.5. The number of nitrogens with zero attached hydrogens (tertiary/aromatic N) is 2. The molecule has 0 aliphatic carbocycles. The van der Waals surface area contributed by atoms with Gasteiger partial charge in [-0.25, -0.2) is 4.79 Å². The van der Waals surface area contributed by atoms with E-state index in [0.29, 0.717) is 19.3 Å². The van der Waals surface area contributed by atoms with Crippen molar-refractivity contribution in [2.45, 2.75) is 25.3 Å². The first-order valence-electron chi connectivity index (χ1n) is 8.78. The molecule has 6 heteroatoms. The van der Waals surface area contributed by atoms with Gasteiger partial charge in [0.15, 0.2) is 0 Å². The van der Waals surface area contributed by atoms with Crippen LogP contribution in [0.3, 0.4) is 0 Å². The highest BCUT2D eigenvalue weighted by atomic mass is 16.5. The molecule has 1 aromatic carbocycles. The number of piperidine rings is 1. The highest BCUT2D eigenvalue weighted by Gasteiger charge is 2.30. The Morgan fingerprint density at radius 3 is 3.04 bits per heavy atom. The molecule has 1 atom stereocenters. The van der Waals surface area contributed by atoms with Crippen LogP contribution in [-0.4, -0.2) is 68.4 Å². The summed E-state index contributed by atoms with van der Waals surface area (Å²) < 4.78 is 10.6. The summed E-state index contributed by atoms with van der Waals surface area (Å²) in [6.07, 6.45) is 3.77. The molecule has 0 bridgehead atoms. The first-order valence-corrected chi connectivity index (χ1v) is 8.78. The van der Waals surface area contributed by atoms with Crippen LogP contribution >= 0.6 is 0 Å². The Bertz CT molecular complexity index is 552. The SMILES string of the molecule is COCCOc1cccc(NC(=O)N2CCN3CCCC[C@H]3C2)c1. The van der Waals surface area contributed by atoms with Gasteiger partial charge in [-0.15, -0.1) is 0 Å². The zero-order valence-corrected chi connectivity index (χ0v) is 14.4. The van der Waals surface area contributed by atoms with Crippen molar-refractivity contribution < 1.29 is 14.3 Å². The molecule has 0 aromatic heterocycles. The molecule has 1 aromatic rings. The number of anilines is 1. The number of carbonyl (C=O) groups excluding carboxylic acids is 1. The van der Waals surface area contributed by atoms with Crippen molar-refractivity contribution in [1.29, 1.82) is 0 Å². The van der Waals surface area contributed by atoms with E-state index in [0.717, 1.165) is 31.1 Å². The van der Waals surface area contributed by atoms with E-state index in [9.17, 15) is 4.79 Å². The van der Waals surface area contributed by atoms with Gasteiger partial charge < -0.3 is 19.7 Å². The number of urea groups is 1. The summed E-state index contributed by atoms with van der Waals surface area (Å²) in [7, 11) is 1.64. The average molecular weight is 333 g/mol. The Balaban J connectivity index is 1.53. The molecule has 3 rings (SSSR count). The normalized spacial score (nSPS) is 21.2. The van der Waals surface area contributed by atoms with E-state index in [4.69, 9.17) is 9.47 Å².